The van der Waals surface area contributed by atoms with E-state index in [0.29, 0.717) is 17.5 Å². The van der Waals surface area contributed by atoms with Crippen LogP contribution in [-0.4, -0.2) is 15.0 Å². The van der Waals surface area contributed by atoms with Crippen molar-refractivity contribution < 1.29 is 0 Å². The molecular formula is C35H23N3. The van der Waals surface area contributed by atoms with Gasteiger partial charge in [0, 0.05) is 16.7 Å². The number of rotatable bonds is 4. The lowest BCUT2D eigenvalue weighted by atomic mass is 9.92. The molecule has 0 aliphatic carbocycles. The van der Waals surface area contributed by atoms with Gasteiger partial charge in [0.25, 0.3) is 0 Å². The van der Waals surface area contributed by atoms with Gasteiger partial charge in [0.1, 0.15) is 0 Å². The molecule has 1 heterocycles. The highest BCUT2D eigenvalue weighted by atomic mass is 15.0. The van der Waals surface area contributed by atoms with Crippen molar-refractivity contribution in [2.24, 2.45) is 0 Å². The smallest absolute Gasteiger partial charge is 0.164 e. The Bertz CT molecular complexity index is 1780. The largest absolute Gasteiger partial charge is 0.208 e. The van der Waals surface area contributed by atoms with Crippen LogP contribution in [0.15, 0.2) is 140 Å². The summed E-state index contributed by atoms with van der Waals surface area (Å²) in [5, 5.41) is 4.97. The van der Waals surface area contributed by atoms with E-state index in [1.807, 2.05) is 60.7 Å². The zero-order valence-corrected chi connectivity index (χ0v) is 20.6. The second-order valence-corrected chi connectivity index (χ2v) is 9.31. The molecule has 0 saturated carbocycles. The lowest BCUT2D eigenvalue weighted by Crippen LogP contribution is -2.00. The molecule has 0 aliphatic rings. The summed E-state index contributed by atoms with van der Waals surface area (Å²) >= 11 is 0. The molecule has 0 atom stereocenters. The maximum Gasteiger partial charge on any atom is 0.164 e. The normalized spacial score (nSPS) is 11.2. The van der Waals surface area contributed by atoms with Crippen molar-refractivity contribution in [1.29, 1.82) is 0 Å². The molecular weight excluding hydrogens is 462 g/mol. The molecule has 7 rings (SSSR count). The highest BCUT2D eigenvalue weighted by molar-refractivity contribution is 6.12. The molecule has 0 unspecified atom stereocenters. The second-order valence-electron chi connectivity index (χ2n) is 9.31. The number of benzene rings is 6. The van der Waals surface area contributed by atoms with Crippen molar-refractivity contribution >= 4 is 21.5 Å². The molecule has 0 amide bonds. The Morgan fingerprint density at radius 1 is 0.316 bits per heavy atom. The van der Waals surface area contributed by atoms with Gasteiger partial charge >= 0.3 is 0 Å². The number of hydrogen-bond acceptors (Lipinski definition) is 3. The van der Waals surface area contributed by atoms with E-state index < -0.39 is 0 Å². The van der Waals surface area contributed by atoms with Crippen LogP contribution in [0.25, 0.3) is 66.8 Å². The van der Waals surface area contributed by atoms with Crippen LogP contribution in [0.2, 0.25) is 0 Å². The zero-order chi connectivity index (χ0) is 25.3. The monoisotopic (exact) mass is 485 g/mol. The summed E-state index contributed by atoms with van der Waals surface area (Å²) in [4.78, 5) is 14.6. The molecule has 3 nitrogen and oxygen atoms in total. The molecule has 38 heavy (non-hydrogen) atoms. The Kier molecular flexibility index (Phi) is 5.45. The standard InChI is InChI=1S/C35H23N3/c1-3-11-25(12-4-1)33-36-34(26-13-5-2-6-14-26)38-35(37-33)27-21-19-24(20-22-27)32-30-17-9-7-15-28(30)23-29-16-8-10-18-31(29)32/h1-23H. The molecule has 0 bridgehead atoms. The minimum absolute atomic E-state index is 0.659. The van der Waals surface area contributed by atoms with Crippen LogP contribution >= 0.6 is 0 Å². The first-order valence-electron chi connectivity index (χ1n) is 12.7. The fraction of sp³-hybridized carbons (Fsp3) is 0. The van der Waals surface area contributed by atoms with Crippen molar-refractivity contribution in [2.75, 3.05) is 0 Å². The van der Waals surface area contributed by atoms with Gasteiger partial charge in [-0.2, -0.15) is 0 Å². The van der Waals surface area contributed by atoms with Gasteiger partial charge in [0.05, 0.1) is 0 Å². The third-order valence-corrected chi connectivity index (χ3v) is 6.90. The van der Waals surface area contributed by atoms with Gasteiger partial charge in [-0.25, -0.2) is 15.0 Å². The maximum absolute atomic E-state index is 4.88. The molecule has 0 fully saturated rings. The number of fused-ring (bicyclic) bond motifs is 2. The third kappa shape index (κ3) is 4.00. The predicted octanol–water partition coefficient (Wildman–Crippen LogP) is 8.85. The van der Waals surface area contributed by atoms with E-state index in [1.165, 1.54) is 32.7 Å². The summed E-state index contributed by atoms with van der Waals surface area (Å²) in [5.74, 6) is 1.99. The van der Waals surface area contributed by atoms with E-state index in [9.17, 15) is 0 Å². The summed E-state index contributed by atoms with van der Waals surface area (Å²) in [6.45, 7) is 0. The molecule has 6 aromatic carbocycles. The molecule has 3 heteroatoms. The van der Waals surface area contributed by atoms with Crippen molar-refractivity contribution in [3.63, 3.8) is 0 Å². The Morgan fingerprint density at radius 2 is 0.684 bits per heavy atom. The van der Waals surface area contributed by atoms with Crippen LogP contribution in [0, 0.1) is 0 Å². The lowest BCUT2D eigenvalue weighted by Gasteiger charge is -2.13. The highest BCUT2D eigenvalue weighted by Gasteiger charge is 2.14. The molecule has 7 aromatic rings. The lowest BCUT2D eigenvalue weighted by molar-refractivity contribution is 1.07. The fourth-order valence-corrected chi connectivity index (χ4v) is 5.05. The number of aromatic nitrogens is 3. The average molecular weight is 486 g/mol. The van der Waals surface area contributed by atoms with Gasteiger partial charge in [-0.3, -0.25) is 0 Å². The molecule has 0 saturated heterocycles. The second kappa shape index (κ2) is 9.38. The number of hydrogen-bond donors (Lipinski definition) is 0. The van der Waals surface area contributed by atoms with Crippen molar-refractivity contribution in [3.05, 3.63) is 140 Å². The molecule has 0 radical (unpaired) electrons. The van der Waals surface area contributed by atoms with Crippen LogP contribution in [0.1, 0.15) is 0 Å². The van der Waals surface area contributed by atoms with Crippen LogP contribution in [0.4, 0.5) is 0 Å². The summed E-state index contributed by atoms with van der Waals surface area (Å²) < 4.78 is 0. The molecule has 0 spiro atoms. The van der Waals surface area contributed by atoms with E-state index in [2.05, 4.69) is 78.9 Å². The van der Waals surface area contributed by atoms with E-state index in [1.54, 1.807) is 0 Å². The van der Waals surface area contributed by atoms with Crippen LogP contribution in [-0.2, 0) is 0 Å². The van der Waals surface area contributed by atoms with Gasteiger partial charge in [-0.15, -0.1) is 0 Å². The summed E-state index contributed by atoms with van der Waals surface area (Å²) in [7, 11) is 0. The average Bonchev–Trinajstić information content (AvgIpc) is 3.00. The SMILES string of the molecule is c1ccc(-c2nc(-c3ccccc3)nc(-c3ccc(-c4c5ccccc5cc5ccccc45)cc3)n2)cc1. The van der Waals surface area contributed by atoms with Crippen LogP contribution < -0.4 is 0 Å². The molecule has 178 valence electrons. The van der Waals surface area contributed by atoms with Gasteiger partial charge < -0.3 is 0 Å². The maximum atomic E-state index is 4.88. The Balaban J connectivity index is 1.38. The topological polar surface area (TPSA) is 38.7 Å². The van der Waals surface area contributed by atoms with E-state index in [0.717, 1.165) is 16.7 Å². The summed E-state index contributed by atoms with van der Waals surface area (Å²) in [6, 6.07) is 48.2. The third-order valence-electron chi connectivity index (χ3n) is 6.90. The van der Waals surface area contributed by atoms with Gasteiger partial charge in [-0.1, -0.05) is 133 Å². The van der Waals surface area contributed by atoms with Crippen molar-refractivity contribution in [1.82, 2.24) is 15.0 Å². The van der Waals surface area contributed by atoms with E-state index in [4.69, 9.17) is 15.0 Å². The first-order valence-corrected chi connectivity index (χ1v) is 12.7. The van der Waals surface area contributed by atoms with E-state index in [-0.39, 0.29) is 0 Å². The Morgan fingerprint density at radius 3 is 1.16 bits per heavy atom. The highest BCUT2D eigenvalue weighted by Crippen LogP contribution is 2.37. The molecule has 1 aromatic heterocycles. The first-order chi connectivity index (χ1) is 18.8. The minimum atomic E-state index is 0.659. The Labute approximate surface area is 221 Å². The quantitative estimate of drug-likeness (QED) is 0.234. The van der Waals surface area contributed by atoms with Crippen LogP contribution in [0.5, 0.6) is 0 Å². The van der Waals surface area contributed by atoms with Gasteiger partial charge in [0.2, 0.25) is 0 Å². The minimum Gasteiger partial charge on any atom is -0.208 e. The van der Waals surface area contributed by atoms with E-state index >= 15 is 0 Å². The first kappa shape index (κ1) is 22.1. The Hall–Kier alpha value is -5.15. The van der Waals surface area contributed by atoms with Gasteiger partial charge in [-0.05, 0) is 38.7 Å². The molecule has 0 aliphatic heterocycles. The molecule has 0 N–H and O–H groups in total. The summed E-state index contributed by atoms with van der Waals surface area (Å²) in [6.07, 6.45) is 0. The van der Waals surface area contributed by atoms with Gasteiger partial charge in [0.15, 0.2) is 17.5 Å². The van der Waals surface area contributed by atoms with Crippen LogP contribution in [0.3, 0.4) is 0 Å². The van der Waals surface area contributed by atoms with Crippen molar-refractivity contribution in [2.45, 2.75) is 0 Å². The summed E-state index contributed by atoms with van der Waals surface area (Å²) in [5.41, 5.74) is 5.30. The number of nitrogens with zero attached hydrogens (tertiary/aromatic N) is 3. The fourth-order valence-electron chi connectivity index (χ4n) is 5.05. The predicted molar refractivity (Wildman–Crippen MR) is 157 cm³/mol. The zero-order valence-electron chi connectivity index (χ0n) is 20.6. The van der Waals surface area contributed by atoms with Crippen molar-refractivity contribution in [3.8, 4) is 45.3 Å².